The van der Waals surface area contributed by atoms with E-state index in [4.69, 9.17) is 0 Å². The third-order valence-electron chi connectivity index (χ3n) is 0.680. The number of hydrogen-bond donors (Lipinski definition) is 0. The summed E-state index contributed by atoms with van der Waals surface area (Å²) in [5, 5.41) is 0. The zero-order chi connectivity index (χ0) is 4.41. The monoisotopic (exact) mass is 146 g/mol. The van der Waals surface area contributed by atoms with Crippen LogP contribution in [0.2, 0.25) is 0 Å². The molecule has 1 aliphatic heterocycles. The van der Waals surface area contributed by atoms with Crippen LogP contribution in [-0.4, -0.2) is 18.6 Å². The molecule has 7 heavy (non-hydrogen) atoms. The second-order valence-corrected chi connectivity index (χ2v) is 1.20. The Kier molecular flexibility index (Phi) is 3.01. The smallest absolute Gasteiger partial charge is 0.120 e. The SMILES string of the molecule is CC1=NCC=N1.[Zn]. The van der Waals surface area contributed by atoms with Gasteiger partial charge in [0.25, 0.3) is 0 Å². The Morgan fingerprint density at radius 3 is 2.57 bits per heavy atom. The van der Waals surface area contributed by atoms with Gasteiger partial charge in [0.05, 0.1) is 6.54 Å². The molecular weight excluding hydrogens is 141 g/mol. The molecule has 0 radical (unpaired) electrons. The Morgan fingerprint density at radius 1 is 1.71 bits per heavy atom. The fourth-order valence-electron chi connectivity index (χ4n) is 0.387. The first kappa shape index (κ1) is 6.96. The average molecular weight is 147 g/mol. The molecule has 0 aliphatic carbocycles. The van der Waals surface area contributed by atoms with Crippen LogP contribution >= 0.6 is 0 Å². The standard InChI is InChI=1S/C4H6N2.Zn/c1-4-5-2-3-6-4;/h2H,3H2,1H3;. The predicted molar refractivity (Wildman–Crippen MR) is 26.5 cm³/mol. The molecule has 0 N–H and O–H groups in total. The van der Waals surface area contributed by atoms with Gasteiger partial charge in [-0.3, -0.25) is 4.99 Å². The largest absolute Gasteiger partial charge is 0.265 e. The molecule has 3 heteroatoms. The second-order valence-electron chi connectivity index (χ2n) is 1.20. The van der Waals surface area contributed by atoms with Crippen LogP contribution in [0.25, 0.3) is 0 Å². The van der Waals surface area contributed by atoms with E-state index in [1.165, 1.54) is 0 Å². The van der Waals surface area contributed by atoms with Gasteiger partial charge in [-0.1, -0.05) is 0 Å². The average Bonchev–Trinajstić information content (AvgIpc) is 1.86. The first-order chi connectivity index (χ1) is 2.89. The molecule has 2 nitrogen and oxygen atoms in total. The van der Waals surface area contributed by atoms with E-state index in [-0.39, 0.29) is 19.5 Å². The molecule has 34 valence electrons. The van der Waals surface area contributed by atoms with E-state index in [1.807, 2.05) is 6.92 Å². The molecule has 0 aromatic carbocycles. The molecule has 0 fully saturated rings. The molecule has 0 spiro atoms. The number of aliphatic imine (C=N–C) groups is 2. The zero-order valence-electron chi connectivity index (χ0n) is 4.39. The molecule has 1 rings (SSSR count). The maximum atomic E-state index is 3.93. The summed E-state index contributed by atoms with van der Waals surface area (Å²) in [6.45, 7) is 2.68. The third-order valence-corrected chi connectivity index (χ3v) is 0.680. The first-order valence-corrected chi connectivity index (χ1v) is 1.93. The minimum absolute atomic E-state index is 0. The van der Waals surface area contributed by atoms with Crippen molar-refractivity contribution >= 4 is 12.1 Å². The van der Waals surface area contributed by atoms with Crippen LogP contribution in [0.4, 0.5) is 0 Å². The zero-order valence-corrected chi connectivity index (χ0v) is 7.35. The summed E-state index contributed by atoms with van der Waals surface area (Å²) in [5.74, 6) is 0.898. The van der Waals surface area contributed by atoms with E-state index in [1.54, 1.807) is 6.21 Å². The topological polar surface area (TPSA) is 24.7 Å². The van der Waals surface area contributed by atoms with Crippen molar-refractivity contribution in [3.8, 4) is 0 Å². The number of nitrogens with zero attached hydrogens (tertiary/aromatic N) is 2. The van der Waals surface area contributed by atoms with Gasteiger partial charge < -0.3 is 0 Å². The van der Waals surface area contributed by atoms with Crippen LogP contribution in [0.1, 0.15) is 6.92 Å². The van der Waals surface area contributed by atoms with Crippen LogP contribution in [0.5, 0.6) is 0 Å². The van der Waals surface area contributed by atoms with E-state index >= 15 is 0 Å². The third kappa shape index (κ3) is 1.93. The Bertz CT molecular complexity index is 104. The van der Waals surface area contributed by atoms with Crippen molar-refractivity contribution in [2.24, 2.45) is 9.98 Å². The number of hydrogen-bond acceptors (Lipinski definition) is 2. The molecule has 0 aromatic rings. The van der Waals surface area contributed by atoms with Crippen molar-refractivity contribution in [2.75, 3.05) is 6.54 Å². The first-order valence-electron chi connectivity index (χ1n) is 1.93. The van der Waals surface area contributed by atoms with Crippen LogP contribution in [0, 0.1) is 0 Å². The fraction of sp³-hybridized carbons (Fsp3) is 0.500. The number of rotatable bonds is 0. The van der Waals surface area contributed by atoms with Crippen molar-refractivity contribution in [2.45, 2.75) is 6.92 Å². The summed E-state index contributed by atoms with van der Waals surface area (Å²) in [4.78, 5) is 7.79. The maximum Gasteiger partial charge on any atom is 0.120 e. The molecule has 1 aliphatic rings. The molecule has 0 saturated heterocycles. The van der Waals surface area contributed by atoms with Gasteiger partial charge in [0.2, 0.25) is 0 Å². The quantitative estimate of drug-likeness (QED) is 0.446. The van der Waals surface area contributed by atoms with Gasteiger partial charge in [0.15, 0.2) is 0 Å². The Morgan fingerprint density at radius 2 is 2.43 bits per heavy atom. The summed E-state index contributed by atoms with van der Waals surface area (Å²) in [6.07, 6.45) is 1.80. The van der Waals surface area contributed by atoms with E-state index in [9.17, 15) is 0 Å². The van der Waals surface area contributed by atoms with Crippen molar-refractivity contribution in [3.05, 3.63) is 0 Å². The van der Waals surface area contributed by atoms with E-state index in [2.05, 4.69) is 9.98 Å². The van der Waals surface area contributed by atoms with Gasteiger partial charge in [-0.15, -0.1) is 0 Å². The van der Waals surface area contributed by atoms with Crippen LogP contribution in [0.3, 0.4) is 0 Å². The van der Waals surface area contributed by atoms with E-state index < -0.39 is 0 Å². The van der Waals surface area contributed by atoms with Gasteiger partial charge in [0.1, 0.15) is 5.84 Å². The van der Waals surface area contributed by atoms with Crippen LogP contribution < -0.4 is 0 Å². The Labute approximate surface area is 55.5 Å². The minimum atomic E-state index is 0. The molecule has 0 bridgehead atoms. The van der Waals surface area contributed by atoms with E-state index in [0.29, 0.717) is 0 Å². The molecule has 0 unspecified atom stereocenters. The van der Waals surface area contributed by atoms with Crippen LogP contribution in [-0.2, 0) is 19.5 Å². The van der Waals surface area contributed by atoms with Gasteiger partial charge in [-0.2, -0.15) is 0 Å². The van der Waals surface area contributed by atoms with E-state index in [0.717, 1.165) is 12.4 Å². The van der Waals surface area contributed by atoms with Gasteiger partial charge in [-0.25, -0.2) is 4.99 Å². The summed E-state index contributed by atoms with van der Waals surface area (Å²) >= 11 is 0. The summed E-state index contributed by atoms with van der Waals surface area (Å²) in [6, 6.07) is 0. The number of amidine groups is 1. The molecule has 0 amide bonds. The fourth-order valence-corrected chi connectivity index (χ4v) is 0.387. The molecule has 0 saturated carbocycles. The second kappa shape index (κ2) is 3.03. The van der Waals surface area contributed by atoms with Crippen molar-refractivity contribution in [1.29, 1.82) is 0 Å². The Balaban J connectivity index is 0.000000360. The normalized spacial score (nSPS) is 15.9. The van der Waals surface area contributed by atoms with Crippen molar-refractivity contribution in [3.63, 3.8) is 0 Å². The maximum absolute atomic E-state index is 3.93. The molecular formula is C4H6N2Zn. The van der Waals surface area contributed by atoms with Crippen molar-refractivity contribution < 1.29 is 19.5 Å². The summed E-state index contributed by atoms with van der Waals surface area (Å²) < 4.78 is 0. The molecule has 0 aromatic heterocycles. The van der Waals surface area contributed by atoms with Crippen molar-refractivity contribution in [1.82, 2.24) is 0 Å². The van der Waals surface area contributed by atoms with Gasteiger partial charge in [0, 0.05) is 25.7 Å². The summed E-state index contributed by atoms with van der Waals surface area (Å²) in [7, 11) is 0. The molecule has 0 atom stereocenters. The van der Waals surface area contributed by atoms with Gasteiger partial charge >= 0.3 is 0 Å². The van der Waals surface area contributed by atoms with Crippen LogP contribution in [0.15, 0.2) is 9.98 Å². The predicted octanol–water partition coefficient (Wildman–Crippen LogP) is 0.487. The summed E-state index contributed by atoms with van der Waals surface area (Å²) in [5.41, 5.74) is 0. The minimum Gasteiger partial charge on any atom is -0.265 e. The molecule has 1 heterocycles. The van der Waals surface area contributed by atoms with Gasteiger partial charge in [-0.05, 0) is 6.92 Å². The Hall–Kier alpha value is -0.0366.